The molecule has 6 heteroatoms. The van der Waals surface area contributed by atoms with Gasteiger partial charge in [0.2, 0.25) is 0 Å². The van der Waals surface area contributed by atoms with Crippen LogP contribution in [0.15, 0.2) is 18.3 Å². The molecule has 0 unspecified atom stereocenters. The maximum Gasteiger partial charge on any atom is 0.326 e. The van der Waals surface area contributed by atoms with E-state index in [1.807, 2.05) is 0 Å². The van der Waals surface area contributed by atoms with E-state index < -0.39 is 23.3 Å². The van der Waals surface area contributed by atoms with Crippen LogP contribution in [0, 0.1) is 5.41 Å². The summed E-state index contributed by atoms with van der Waals surface area (Å²) in [5.74, 6) is -1.56. The van der Waals surface area contributed by atoms with E-state index in [0.717, 1.165) is 0 Å². The summed E-state index contributed by atoms with van der Waals surface area (Å²) in [4.78, 5) is 26.8. The summed E-state index contributed by atoms with van der Waals surface area (Å²) >= 11 is 5.67. The molecule has 0 aliphatic carbocycles. The third-order valence-electron chi connectivity index (χ3n) is 2.38. The maximum absolute atomic E-state index is 11.9. The summed E-state index contributed by atoms with van der Waals surface area (Å²) in [7, 11) is 0. The largest absolute Gasteiger partial charge is 0.480 e. The Morgan fingerprint density at radius 1 is 1.44 bits per heavy atom. The fraction of sp³-hybridized carbons (Fsp3) is 0.417. The highest BCUT2D eigenvalue weighted by Crippen LogP contribution is 2.20. The van der Waals surface area contributed by atoms with Crippen LogP contribution in [-0.4, -0.2) is 28.0 Å². The van der Waals surface area contributed by atoms with Crippen LogP contribution in [0.3, 0.4) is 0 Å². The summed E-state index contributed by atoms with van der Waals surface area (Å²) in [6.45, 7) is 5.22. The molecule has 2 N–H and O–H groups in total. The molecule has 1 aromatic rings. The van der Waals surface area contributed by atoms with Crippen molar-refractivity contribution in [3.8, 4) is 0 Å². The van der Waals surface area contributed by atoms with E-state index in [1.54, 1.807) is 20.8 Å². The number of nitrogens with one attached hydrogen (secondary N) is 1. The van der Waals surface area contributed by atoms with Crippen molar-refractivity contribution < 1.29 is 14.7 Å². The first kappa shape index (κ1) is 14.4. The third kappa shape index (κ3) is 3.70. The number of rotatable bonds is 3. The van der Waals surface area contributed by atoms with Crippen molar-refractivity contribution in [2.45, 2.75) is 26.8 Å². The van der Waals surface area contributed by atoms with Gasteiger partial charge in [0.1, 0.15) is 11.2 Å². The van der Waals surface area contributed by atoms with Gasteiger partial charge in [0.05, 0.1) is 0 Å². The second-order valence-electron chi connectivity index (χ2n) is 4.98. The molecule has 0 bridgehead atoms. The van der Waals surface area contributed by atoms with Gasteiger partial charge in [-0.1, -0.05) is 32.4 Å². The molecule has 1 rings (SSSR count). The van der Waals surface area contributed by atoms with Gasteiger partial charge in [-0.05, 0) is 17.5 Å². The highest BCUT2D eigenvalue weighted by atomic mass is 35.5. The highest BCUT2D eigenvalue weighted by Gasteiger charge is 2.32. The molecule has 1 heterocycles. The Hall–Kier alpha value is -1.62. The van der Waals surface area contributed by atoms with E-state index >= 15 is 0 Å². The van der Waals surface area contributed by atoms with Crippen molar-refractivity contribution in [3.05, 3.63) is 29.0 Å². The van der Waals surface area contributed by atoms with Crippen LogP contribution in [0.5, 0.6) is 0 Å². The molecule has 18 heavy (non-hydrogen) atoms. The van der Waals surface area contributed by atoms with Crippen LogP contribution in [0.1, 0.15) is 31.1 Å². The molecule has 0 fully saturated rings. The fourth-order valence-corrected chi connectivity index (χ4v) is 1.58. The van der Waals surface area contributed by atoms with E-state index in [1.165, 1.54) is 18.3 Å². The van der Waals surface area contributed by atoms with Crippen molar-refractivity contribution >= 4 is 23.5 Å². The lowest BCUT2D eigenvalue weighted by atomic mass is 9.86. The normalized spacial score (nSPS) is 12.9. The van der Waals surface area contributed by atoms with Crippen LogP contribution in [0.2, 0.25) is 5.15 Å². The monoisotopic (exact) mass is 270 g/mol. The van der Waals surface area contributed by atoms with Crippen LogP contribution >= 0.6 is 11.6 Å². The summed E-state index contributed by atoms with van der Waals surface area (Å²) in [6, 6.07) is 1.89. The molecule has 0 radical (unpaired) electrons. The zero-order valence-corrected chi connectivity index (χ0v) is 11.2. The number of nitrogens with zero attached hydrogens (tertiary/aromatic N) is 1. The van der Waals surface area contributed by atoms with Gasteiger partial charge in [0.25, 0.3) is 5.91 Å². The van der Waals surface area contributed by atoms with E-state index in [-0.39, 0.29) is 10.7 Å². The van der Waals surface area contributed by atoms with Crippen molar-refractivity contribution in [1.29, 1.82) is 0 Å². The average molecular weight is 271 g/mol. The molecular formula is C12H15ClN2O3. The first-order valence-electron chi connectivity index (χ1n) is 5.37. The molecule has 1 aromatic heterocycles. The number of carbonyl (C=O) groups is 2. The Bertz CT molecular complexity index is 469. The van der Waals surface area contributed by atoms with Crippen LogP contribution in [-0.2, 0) is 4.79 Å². The van der Waals surface area contributed by atoms with Crippen LogP contribution in [0.4, 0.5) is 0 Å². The zero-order chi connectivity index (χ0) is 13.9. The van der Waals surface area contributed by atoms with E-state index in [2.05, 4.69) is 10.3 Å². The molecular weight excluding hydrogens is 256 g/mol. The number of hydrogen-bond donors (Lipinski definition) is 2. The van der Waals surface area contributed by atoms with Crippen LogP contribution < -0.4 is 5.32 Å². The summed E-state index contributed by atoms with van der Waals surface area (Å²) in [6.07, 6.45) is 1.39. The van der Waals surface area contributed by atoms with Gasteiger partial charge in [-0.2, -0.15) is 0 Å². The minimum Gasteiger partial charge on any atom is -0.480 e. The average Bonchev–Trinajstić information content (AvgIpc) is 2.23. The number of amides is 1. The van der Waals surface area contributed by atoms with Crippen molar-refractivity contribution in [2.24, 2.45) is 5.41 Å². The van der Waals surface area contributed by atoms with Gasteiger partial charge in [0, 0.05) is 11.8 Å². The minimum absolute atomic E-state index is 0.185. The summed E-state index contributed by atoms with van der Waals surface area (Å²) in [5, 5.41) is 11.8. The first-order chi connectivity index (χ1) is 8.21. The predicted molar refractivity (Wildman–Crippen MR) is 67.6 cm³/mol. The second-order valence-corrected chi connectivity index (χ2v) is 5.37. The van der Waals surface area contributed by atoms with E-state index in [4.69, 9.17) is 16.7 Å². The smallest absolute Gasteiger partial charge is 0.326 e. The quantitative estimate of drug-likeness (QED) is 0.823. The van der Waals surface area contributed by atoms with Gasteiger partial charge in [-0.3, -0.25) is 4.79 Å². The molecule has 5 nitrogen and oxygen atoms in total. The molecule has 0 aromatic carbocycles. The molecule has 1 amide bonds. The lowest BCUT2D eigenvalue weighted by Gasteiger charge is -2.27. The lowest BCUT2D eigenvalue weighted by Crippen LogP contribution is -2.49. The number of halogens is 1. The Morgan fingerprint density at radius 3 is 2.50 bits per heavy atom. The third-order valence-corrected chi connectivity index (χ3v) is 2.58. The van der Waals surface area contributed by atoms with Gasteiger partial charge in [0.15, 0.2) is 0 Å². The van der Waals surface area contributed by atoms with Gasteiger partial charge in [-0.15, -0.1) is 0 Å². The lowest BCUT2D eigenvalue weighted by molar-refractivity contribution is -0.142. The zero-order valence-electron chi connectivity index (χ0n) is 10.4. The summed E-state index contributed by atoms with van der Waals surface area (Å²) in [5.41, 5.74) is -0.302. The molecule has 98 valence electrons. The highest BCUT2D eigenvalue weighted by molar-refractivity contribution is 6.29. The molecule has 0 spiro atoms. The summed E-state index contributed by atoms with van der Waals surface area (Å²) < 4.78 is 0. The predicted octanol–water partition coefficient (Wildman–Crippen LogP) is 1.96. The van der Waals surface area contributed by atoms with Crippen molar-refractivity contribution in [2.75, 3.05) is 0 Å². The standard InChI is InChI=1S/C12H15ClN2O3/c1-12(2,3)9(11(17)18)15-10(16)7-4-5-14-8(13)6-7/h4-6,9H,1-3H3,(H,15,16)(H,17,18)/t9-/m0/s1. The number of hydrogen-bond acceptors (Lipinski definition) is 3. The maximum atomic E-state index is 11.9. The van der Waals surface area contributed by atoms with E-state index in [9.17, 15) is 9.59 Å². The molecule has 0 saturated carbocycles. The SMILES string of the molecule is CC(C)(C)[C@@H](NC(=O)c1ccnc(Cl)c1)C(=O)O. The number of aromatic nitrogens is 1. The van der Waals surface area contributed by atoms with Crippen molar-refractivity contribution in [1.82, 2.24) is 10.3 Å². The Morgan fingerprint density at radius 2 is 2.06 bits per heavy atom. The molecule has 0 saturated heterocycles. The topological polar surface area (TPSA) is 79.3 Å². The number of aliphatic carboxylic acids is 1. The number of carboxylic acid groups (broad SMARTS) is 1. The number of carbonyl (C=O) groups excluding carboxylic acids is 1. The Labute approximate surface area is 110 Å². The van der Waals surface area contributed by atoms with Crippen LogP contribution in [0.25, 0.3) is 0 Å². The fourth-order valence-electron chi connectivity index (χ4n) is 1.41. The molecule has 1 atom stereocenters. The number of pyridine rings is 1. The van der Waals surface area contributed by atoms with E-state index in [0.29, 0.717) is 0 Å². The Balaban J connectivity index is 2.89. The first-order valence-corrected chi connectivity index (χ1v) is 5.75. The van der Waals surface area contributed by atoms with Gasteiger partial charge >= 0.3 is 5.97 Å². The molecule has 0 aliphatic heterocycles. The van der Waals surface area contributed by atoms with Gasteiger partial charge < -0.3 is 10.4 Å². The Kier molecular flexibility index (Phi) is 4.29. The minimum atomic E-state index is -1.07. The van der Waals surface area contributed by atoms with Gasteiger partial charge in [-0.25, -0.2) is 9.78 Å². The second kappa shape index (κ2) is 5.35. The molecule has 0 aliphatic rings. The van der Waals surface area contributed by atoms with Crippen molar-refractivity contribution in [3.63, 3.8) is 0 Å². The number of carboxylic acids is 1.